The molecule has 0 radical (unpaired) electrons. The first-order valence-electron chi connectivity index (χ1n) is 12.8. The Morgan fingerprint density at radius 2 is 1.69 bits per heavy atom. The predicted molar refractivity (Wildman–Crippen MR) is 146 cm³/mol. The normalized spacial score (nSPS) is 12.7. The fraction of sp³-hybridized carbons (Fsp3) is 0.267. The van der Waals surface area contributed by atoms with Gasteiger partial charge in [0, 0.05) is 36.5 Å². The number of nitrogens with one attached hydrogen (secondary N) is 3. The first kappa shape index (κ1) is 27.9. The molecule has 0 bridgehead atoms. The number of hydrogen-bond donors (Lipinski definition) is 4. The highest BCUT2D eigenvalue weighted by molar-refractivity contribution is 5.95. The van der Waals surface area contributed by atoms with E-state index < -0.39 is 29.7 Å². The van der Waals surface area contributed by atoms with Crippen molar-refractivity contribution < 1.29 is 18.7 Å². The van der Waals surface area contributed by atoms with Crippen LogP contribution in [0.15, 0.2) is 77.6 Å². The molecule has 204 valence electrons. The van der Waals surface area contributed by atoms with Gasteiger partial charge in [-0.3, -0.25) is 14.7 Å². The number of carbonyl (C=O) groups excluding carboxylic acids is 1. The number of carbonyl (C=O) groups is 1. The summed E-state index contributed by atoms with van der Waals surface area (Å²) in [5, 5.41) is 20.0. The molecule has 2 atom stereocenters. The van der Waals surface area contributed by atoms with Gasteiger partial charge in [-0.15, -0.1) is 0 Å². The highest BCUT2D eigenvalue weighted by Gasteiger charge is 2.23. The number of aryl methyl sites for hydroxylation is 2. The summed E-state index contributed by atoms with van der Waals surface area (Å²) in [6.07, 6.45) is -0.149. The summed E-state index contributed by atoms with van der Waals surface area (Å²) in [7, 11) is 0. The molecule has 0 spiro atoms. The van der Waals surface area contributed by atoms with Crippen LogP contribution in [-0.2, 0) is 19.4 Å². The van der Waals surface area contributed by atoms with Crippen LogP contribution in [0, 0.1) is 18.6 Å². The van der Waals surface area contributed by atoms with E-state index >= 15 is 0 Å². The van der Waals surface area contributed by atoms with Gasteiger partial charge >= 0.3 is 0 Å². The summed E-state index contributed by atoms with van der Waals surface area (Å²) in [4.78, 5) is 25.5. The Morgan fingerprint density at radius 3 is 2.38 bits per heavy atom. The number of aliphatic hydroxyl groups excluding tert-OH is 1. The molecular weight excluding hydrogens is 502 g/mol. The van der Waals surface area contributed by atoms with Gasteiger partial charge in [-0.25, -0.2) is 13.5 Å². The van der Waals surface area contributed by atoms with Crippen LogP contribution in [0.4, 0.5) is 8.78 Å². The van der Waals surface area contributed by atoms with Crippen molar-refractivity contribution in [2.75, 3.05) is 6.54 Å². The number of amides is 1. The fourth-order valence-electron chi connectivity index (χ4n) is 4.48. The van der Waals surface area contributed by atoms with Crippen LogP contribution >= 0.6 is 0 Å². The summed E-state index contributed by atoms with van der Waals surface area (Å²) in [5.41, 5.74) is 3.71. The molecule has 0 aliphatic heterocycles. The van der Waals surface area contributed by atoms with Gasteiger partial charge in [0.2, 0.25) is 0 Å². The summed E-state index contributed by atoms with van der Waals surface area (Å²) in [6, 6.07) is 18.3. The molecule has 0 fully saturated rings. The van der Waals surface area contributed by atoms with Crippen molar-refractivity contribution in [2.45, 2.75) is 45.4 Å². The first-order chi connectivity index (χ1) is 18.7. The van der Waals surface area contributed by atoms with Crippen molar-refractivity contribution in [1.29, 1.82) is 0 Å². The van der Waals surface area contributed by atoms with E-state index in [1.54, 1.807) is 31.2 Å². The van der Waals surface area contributed by atoms with Crippen molar-refractivity contribution in [1.82, 2.24) is 20.4 Å². The number of aromatic amines is 1. The maximum atomic E-state index is 13.9. The minimum atomic E-state index is -1.06. The molecule has 1 heterocycles. The zero-order chi connectivity index (χ0) is 27.9. The number of benzene rings is 3. The first-order valence-corrected chi connectivity index (χ1v) is 12.8. The Labute approximate surface area is 225 Å². The molecule has 4 aromatic rings. The van der Waals surface area contributed by atoms with Gasteiger partial charge in [0.1, 0.15) is 11.6 Å². The summed E-state index contributed by atoms with van der Waals surface area (Å²) in [6.45, 7) is 4.47. The maximum absolute atomic E-state index is 13.9. The average Bonchev–Trinajstić information content (AvgIpc) is 3.25. The highest BCUT2D eigenvalue weighted by atomic mass is 19.1. The lowest BCUT2D eigenvalue weighted by atomic mass is 10.00. The molecule has 0 aliphatic carbocycles. The van der Waals surface area contributed by atoms with E-state index in [4.69, 9.17) is 0 Å². The summed E-state index contributed by atoms with van der Waals surface area (Å²) in [5.74, 6) is -1.97. The molecule has 0 saturated carbocycles. The van der Waals surface area contributed by atoms with Gasteiger partial charge in [-0.2, -0.15) is 0 Å². The number of hydrogen-bond acceptors (Lipinski definition) is 4. The number of nitrogens with zero attached hydrogens (tertiary/aromatic N) is 1. The lowest BCUT2D eigenvalue weighted by Gasteiger charge is -2.25. The number of aromatic nitrogens is 2. The summed E-state index contributed by atoms with van der Waals surface area (Å²) < 4.78 is 29.1. The van der Waals surface area contributed by atoms with Crippen molar-refractivity contribution in [3.05, 3.63) is 123 Å². The Bertz CT molecular complexity index is 1480. The molecule has 9 heteroatoms. The van der Waals surface area contributed by atoms with E-state index in [-0.39, 0.29) is 24.1 Å². The summed E-state index contributed by atoms with van der Waals surface area (Å²) >= 11 is 0. The Kier molecular flexibility index (Phi) is 9.06. The van der Waals surface area contributed by atoms with Gasteiger partial charge in [-0.1, -0.05) is 37.3 Å². The van der Waals surface area contributed by atoms with E-state index in [2.05, 4.69) is 28.7 Å². The Hall–Kier alpha value is -4.08. The third kappa shape index (κ3) is 7.49. The molecule has 0 aliphatic rings. The molecule has 4 rings (SSSR count). The van der Waals surface area contributed by atoms with Crippen molar-refractivity contribution in [2.24, 2.45) is 0 Å². The standard InChI is InChI=1S/C30H32F2N4O3/c1-3-20-6-4-7-21(11-20)17-33-18-28(37)27(14-22-12-24(31)16-25(32)13-22)34-30(39)23-8-5-9-26(15-23)36-29(38)10-19(2)35-36/h4-13,15-16,27-28,33,35,37H,3,14,17-18H2,1-2H3,(H,34,39)/t27-,28+/m0/s1. The second-order valence-corrected chi connectivity index (χ2v) is 9.60. The Morgan fingerprint density at radius 1 is 0.974 bits per heavy atom. The lowest BCUT2D eigenvalue weighted by molar-refractivity contribution is 0.0830. The third-order valence-electron chi connectivity index (χ3n) is 6.46. The monoisotopic (exact) mass is 534 g/mol. The van der Waals surface area contributed by atoms with Crippen LogP contribution < -0.4 is 16.2 Å². The van der Waals surface area contributed by atoms with Gasteiger partial charge < -0.3 is 15.7 Å². The van der Waals surface area contributed by atoms with Gasteiger partial charge in [0.05, 0.1) is 17.8 Å². The van der Waals surface area contributed by atoms with Crippen LogP contribution in [0.5, 0.6) is 0 Å². The topological polar surface area (TPSA) is 99.1 Å². The number of rotatable bonds is 11. The molecule has 1 aromatic heterocycles. The van der Waals surface area contributed by atoms with E-state index in [9.17, 15) is 23.5 Å². The minimum absolute atomic E-state index is 0.00353. The van der Waals surface area contributed by atoms with Crippen LogP contribution in [0.1, 0.15) is 39.7 Å². The lowest BCUT2D eigenvalue weighted by Crippen LogP contribution is -2.48. The molecule has 4 N–H and O–H groups in total. The number of aliphatic hydroxyl groups is 1. The van der Waals surface area contributed by atoms with E-state index in [0.29, 0.717) is 23.5 Å². The minimum Gasteiger partial charge on any atom is -0.390 e. The Balaban J connectivity index is 1.51. The third-order valence-corrected chi connectivity index (χ3v) is 6.46. The second-order valence-electron chi connectivity index (χ2n) is 9.60. The average molecular weight is 535 g/mol. The smallest absolute Gasteiger partial charge is 0.271 e. The van der Waals surface area contributed by atoms with Crippen LogP contribution in [0.2, 0.25) is 0 Å². The zero-order valence-corrected chi connectivity index (χ0v) is 21.9. The van der Waals surface area contributed by atoms with E-state index in [1.165, 1.54) is 28.4 Å². The van der Waals surface area contributed by atoms with Gasteiger partial charge in [0.25, 0.3) is 11.5 Å². The van der Waals surface area contributed by atoms with Crippen LogP contribution in [0.25, 0.3) is 5.69 Å². The van der Waals surface area contributed by atoms with Crippen LogP contribution in [-0.4, -0.2) is 39.5 Å². The molecule has 7 nitrogen and oxygen atoms in total. The molecule has 39 heavy (non-hydrogen) atoms. The van der Waals surface area contributed by atoms with Gasteiger partial charge in [0.15, 0.2) is 0 Å². The molecule has 3 aromatic carbocycles. The predicted octanol–water partition coefficient (Wildman–Crippen LogP) is 3.81. The maximum Gasteiger partial charge on any atom is 0.271 e. The van der Waals surface area contributed by atoms with E-state index in [0.717, 1.165) is 18.1 Å². The fourth-order valence-corrected chi connectivity index (χ4v) is 4.48. The highest BCUT2D eigenvalue weighted by Crippen LogP contribution is 2.14. The second kappa shape index (κ2) is 12.6. The van der Waals surface area contributed by atoms with Crippen LogP contribution in [0.3, 0.4) is 0 Å². The quantitative estimate of drug-likeness (QED) is 0.235. The molecular formula is C30H32F2N4O3. The van der Waals surface area contributed by atoms with Gasteiger partial charge in [-0.05, 0) is 66.8 Å². The number of halogens is 2. The molecule has 0 saturated heterocycles. The molecule has 0 unspecified atom stereocenters. The van der Waals surface area contributed by atoms with E-state index in [1.807, 2.05) is 18.2 Å². The van der Waals surface area contributed by atoms with Crippen molar-refractivity contribution in [3.63, 3.8) is 0 Å². The van der Waals surface area contributed by atoms with Crippen molar-refractivity contribution in [3.8, 4) is 5.69 Å². The largest absolute Gasteiger partial charge is 0.390 e. The zero-order valence-electron chi connectivity index (χ0n) is 21.9. The molecule has 1 amide bonds. The van der Waals surface area contributed by atoms with Crippen molar-refractivity contribution >= 4 is 5.91 Å². The SMILES string of the molecule is CCc1cccc(CNC[C@@H](O)[C@H](Cc2cc(F)cc(F)c2)NC(=O)c2cccc(-n3[nH]c(C)cc3=O)c2)c1. The number of H-pyrrole nitrogens is 1.